The summed E-state index contributed by atoms with van der Waals surface area (Å²) in [5.74, 6) is 0.789. The standard InChI is InChI=1S/C12H19N3/c1-15(12-4-7-13-8-5-12)10-11-3-2-6-14-9-11/h4-5,7-8,11,14H,2-3,6,9-10H2,1H3. The lowest BCUT2D eigenvalue weighted by Gasteiger charge is -2.28. The molecule has 82 valence electrons. The molecule has 0 aromatic carbocycles. The molecular formula is C12H19N3. The van der Waals surface area contributed by atoms with Crippen LogP contribution in [0.4, 0.5) is 5.69 Å². The van der Waals surface area contributed by atoms with E-state index in [4.69, 9.17) is 0 Å². The van der Waals surface area contributed by atoms with Crippen LogP contribution in [0.25, 0.3) is 0 Å². The molecule has 0 saturated carbocycles. The lowest BCUT2D eigenvalue weighted by molar-refractivity contribution is 0.381. The molecule has 0 aliphatic carbocycles. The summed E-state index contributed by atoms with van der Waals surface area (Å²) in [7, 11) is 2.16. The molecule has 1 fully saturated rings. The first-order valence-electron chi connectivity index (χ1n) is 5.68. The zero-order chi connectivity index (χ0) is 10.5. The van der Waals surface area contributed by atoms with Gasteiger partial charge in [0.05, 0.1) is 0 Å². The molecule has 1 aliphatic rings. The summed E-state index contributed by atoms with van der Waals surface area (Å²) in [6.07, 6.45) is 6.37. The Labute approximate surface area is 91.5 Å². The molecular weight excluding hydrogens is 186 g/mol. The largest absolute Gasteiger partial charge is 0.374 e. The van der Waals surface area contributed by atoms with Crippen molar-refractivity contribution in [3.63, 3.8) is 0 Å². The third-order valence-electron chi connectivity index (χ3n) is 3.03. The fraction of sp³-hybridized carbons (Fsp3) is 0.583. The Bertz CT molecular complexity index is 280. The number of nitrogens with one attached hydrogen (secondary N) is 1. The monoisotopic (exact) mass is 205 g/mol. The van der Waals surface area contributed by atoms with E-state index in [9.17, 15) is 0 Å². The lowest BCUT2D eigenvalue weighted by atomic mass is 9.99. The Hall–Kier alpha value is -1.09. The second-order valence-corrected chi connectivity index (χ2v) is 4.30. The zero-order valence-electron chi connectivity index (χ0n) is 9.32. The van der Waals surface area contributed by atoms with Crippen LogP contribution in [0.2, 0.25) is 0 Å². The van der Waals surface area contributed by atoms with Gasteiger partial charge >= 0.3 is 0 Å². The van der Waals surface area contributed by atoms with Crippen LogP contribution in [0, 0.1) is 5.92 Å². The number of nitrogens with zero attached hydrogens (tertiary/aromatic N) is 2. The van der Waals surface area contributed by atoms with Gasteiger partial charge in [0.1, 0.15) is 0 Å². The van der Waals surface area contributed by atoms with Gasteiger partial charge in [-0.25, -0.2) is 0 Å². The Morgan fingerprint density at radius 2 is 2.27 bits per heavy atom. The number of aromatic nitrogens is 1. The number of rotatable bonds is 3. The molecule has 1 saturated heterocycles. The van der Waals surface area contributed by atoms with Crippen molar-refractivity contribution in [2.24, 2.45) is 5.92 Å². The first kappa shape index (κ1) is 10.4. The fourth-order valence-corrected chi connectivity index (χ4v) is 2.17. The van der Waals surface area contributed by atoms with Crippen molar-refractivity contribution in [1.82, 2.24) is 10.3 Å². The van der Waals surface area contributed by atoms with Crippen LogP contribution >= 0.6 is 0 Å². The molecule has 0 bridgehead atoms. The molecule has 3 nitrogen and oxygen atoms in total. The molecule has 0 spiro atoms. The van der Waals surface area contributed by atoms with E-state index in [0.29, 0.717) is 0 Å². The average Bonchev–Trinajstić information content (AvgIpc) is 2.31. The molecule has 2 heterocycles. The van der Waals surface area contributed by atoms with Crippen LogP contribution < -0.4 is 10.2 Å². The van der Waals surface area contributed by atoms with E-state index >= 15 is 0 Å². The van der Waals surface area contributed by atoms with Gasteiger partial charge in [0, 0.05) is 31.7 Å². The summed E-state index contributed by atoms with van der Waals surface area (Å²) < 4.78 is 0. The average molecular weight is 205 g/mol. The SMILES string of the molecule is CN(CC1CCCNC1)c1ccncc1. The summed E-state index contributed by atoms with van der Waals surface area (Å²) in [4.78, 5) is 6.35. The lowest BCUT2D eigenvalue weighted by Crippen LogP contribution is -2.36. The van der Waals surface area contributed by atoms with Crippen LogP contribution in [0.5, 0.6) is 0 Å². The van der Waals surface area contributed by atoms with E-state index in [1.54, 1.807) is 0 Å². The van der Waals surface area contributed by atoms with Gasteiger partial charge in [-0.2, -0.15) is 0 Å². The number of pyridine rings is 1. The summed E-state index contributed by atoms with van der Waals surface area (Å²) in [6.45, 7) is 3.49. The topological polar surface area (TPSA) is 28.2 Å². The van der Waals surface area contributed by atoms with Crippen LogP contribution in [0.3, 0.4) is 0 Å². The molecule has 0 amide bonds. The highest BCUT2D eigenvalue weighted by Gasteiger charge is 2.14. The Balaban J connectivity index is 1.88. The highest BCUT2D eigenvalue weighted by molar-refractivity contribution is 5.43. The van der Waals surface area contributed by atoms with Crippen molar-refractivity contribution in [2.45, 2.75) is 12.8 Å². The minimum absolute atomic E-state index is 0.789. The Morgan fingerprint density at radius 3 is 2.93 bits per heavy atom. The van der Waals surface area contributed by atoms with Gasteiger partial charge in [0.15, 0.2) is 0 Å². The molecule has 1 N–H and O–H groups in total. The third-order valence-corrected chi connectivity index (χ3v) is 3.03. The molecule has 3 heteroatoms. The van der Waals surface area contributed by atoms with E-state index in [0.717, 1.165) is 19.0 Å². The Morgan fingerprint density at radius 1 is 1.47 bits per heavy atom. The molecule has 1 unspecified atom stereocenters. The minimum atomic E-state index is 0.789. The summed E-state index contributed by atoms with van der Waals surface area (Å²) in [5, 5.41) is 3.45. The number of hydrogen-bond donors (Lipinski definition) is 1. The predicted molar refractivity (Wildman–Crippen MR) is 63.1 cm³/mol. The molecule has 1 aromatic rings. The Kier molecular flexibility index (Phi) is 3.56. The van der Waals surface area contributed by atoms with Crippen LogP contribution in [0.15, 0.2) is 24.5 Å². The third kappa shape index (κ3) is 2.93. The van der Waals surface area contributed by atoms with E-state index in [1.165, 1.54) is 25.1 Å². The van der Waals surface area contributed by atoms with Gasteiger partial charge in [-0.05, 0) is 44.0 Å². The van der Waals surface area contributed by atoms with E-state index < -0.39 is 0 Å². The minimum Gasteiger partial charge on any atom is -0.374 e. The zero-order valence-corrected chi connectivity index (χ0v) is 9.32. The van der Waals surface area contributed by atoms with Gasteiger partial charge < -0.3 is 10.2 Å². The first-order chi connectivity index (χ1) is 7.36. The molecule has 1 aromatic heterocycles. The predicted octanol–water partition coefficient (Wildman–Crippen LogP) is 1.52. The molecule has 1 aliphatic heterocycles. The maximum atomic E-state index is 4.04. The van der Waals surface area contributed by atoms with Crippen molar-refractivity contribution >= 4 is 5.69 Å². The van der Waals surface area contributed by atoms with Crippen molar-refractivity contribution < 1.29 is 0 Å². The number of piperidine rings is 1. The second kappa shape index (κ2) is 5.12. The van der Waals surface area contributed by atoms with Gasteiger partial charge in [0.25, 0.3) is 0 Å². The van der Waals surface area contributed by atoms with Crippen molar-refractivity contribution in [1.29, 1.82) is 0 Å². The summed E-state index contributed by atoms with van der Waals surface area (Å²) in [5.41, 5.74) is 1.26. The normalized spacial score (nSPS) is 21.3. The van der Waals surface area contributed by atoms with E-state index in [-0.39, 0.29) is 0 Å². The molecule has 0 radical (unpaired) electrons. The van der Waals surface area contributed by atoms with Gasteiger partial charge in [0.2, 0.25) is 0 Å². The van der Waals surface area contributed by atoms with Crippen molar-refractivity contribution in [3.05, 3.63) is 24.5 Å². The maximum Gasteiger partial charge on any atom is 0.0394 e. The molecule has 1 atom stereocenters. The number of anilines is 1. The van der Waals surface area contributed by atoms with E-state index in [1.807, 2.05) is 12.4 Å². The van der Waals surface area contributed by atoms with Gasteiger partial charge in [-0.1, -0.05) is 0 Å². The van der Waals surface area contributed by atoms with Crippen molar-refractivity contribution in [3.8, 4) is 0 Å². The maximum absolute atomic E-state index is 4.04. The summed E-state index contributed by atoms with van der Waals surface area (Å²) in [6, 6.07) is 4.13. The van der Waals surface area contributed by atoms with Crippen LogP contribution in [0.1, 0.15) is 12.8 Å². The highest BCUT2D eigenvalue weighted by atomic mass is 15.1. The molecule has 2 rings (SSSR count). The smallest absolute Gasteiger partial charge is 0.0394 e. The van der Waals surface area contributed by atoms with Crippen LogP contribution in [-0.2, 0) is 0 Å². The van der Waals surface area contributed by atoms with Crippen LogP contribution in [-0.4, -0.2) is 31.7 Å². The molecule has 15 heavy (non-hydrogen) atoms. The van der Waals surface area contributed by atoms with Gasteiger partial charge in [-0.15, -0.1) is 0 Å². The van der Waals surface area contributed by atoms with E-state index in [2.05, 4.69) is 34.4 Å². The second-order valence-electron chi connectivity index (χ2n) is 4.30. The highest BCUT2D eigenvalue weighted by Crippen LogP contribution is 2.16. The first-order valence-corrected chi connectivity index (χ1v) is 5.68. The fourth-order valence-electron chi connectivity index (χ4n) is 2.17. The summed E-state index contributed by atoms with van der Waals surface area (Å²) >= 11 is 0. The van der Waals surface area contributed by atoms with Gasteiger partial charge in [-0.3, -0.25) is 4.98 Å². The quantitative estimate of drug-likeness (QED) is 0.811. The number of hydrogen-bond acceptors (Lipinski definition) is 3. The van der Waals surface area contributed by atoms with Crippen molar-refractivity contribution in [2.75, 3.05) is 31.6 Å².